The van der Waals surface area contributed by atoms with Gasteiger partial charge in [0.1, 0.15) is 11.3 Å². The molecule has 3 aromatic heterocycles. The molecular weight excluding hydrogens is 382 g/mol. The number of nitrogens with zero attached hydrogens (tertiary/aromatic N) is 5. The summed E-state index contributed by atoms with van der Waals surface area (Å²) in [7, 11) is 1.82. The van der Waals surface area contributed by atoms with Gasteiger partial charge >= 0.3 is 0 Å². The number of aryl methyl sites for hydroxylation is 2. The van der Waals surface area contributed by atoms with E-state index in [-0.39, 0.29) is 11.9 Å². The Bertz CT molecular complexity index is 1190. The van der Waals surface area contributed by atoms with Gasteiger partial charge in [-0.25, -0.2) is 19.9 Å². The molecule has 7 heteroatoms. The maximum Gasteiger partial charge on any atom is 0.254 e. The molecule has 0 bridgehead atoms. The summed E-state index contributed by atoms with van der Waals surface area (Å²) in [5.41, 5.74) is 4.86. The van der Waals surface area contributed by atoms with Crippen molar-refractivity contribution in [2.75, 3.05) is 7.05 Å². The Hall–Kier alpha value is -3.19. The van der Waals surface area contributed by atoms with E-state index >= 15 is 0 Å². The first-order valence-corrected chi connectivity index (χ1v) is 10.2. The van der Waals surface area contributed by atoms with Crippen molar-refractivity contribution in [1.29, 1.82) is 0 Å². The molecular formula is C22H21N5OS. The minimum absolute atomic E-state index is 0.0681. The van der Waals surface area contributed by atoms with Crippen LogP contribution >= 0.6 is 11.3 Å². The van der Waals surface area contributed by atoms with Crippen molar-refractivity contribution in [2.24, 2.45) is 0 Å². The number of benzene rings is 1. The van der Waals surface area contributed by atoms with Gasteiger partial charge in [-0.05, 0) is 32.4 Å². The highest BCUT2D eigenvalue weighted by molar-refractivity contribution is 7.09. The fourth-order valence-electron chi connectivity index (χ4n) is 3.24. The Morgan fingerprint density at radius 2 is 1.90 bits per heavy atom. The predicted molar refractivity (Wildman–Crippen MR) is 115 cm³/mol. The van der Waals surface area contributed by atoms with E-state index in [4.69, 9.17) is 4.98 Å². The Morgan fingerprint density at radius 1 is 1.14 bits per heavy atom. The van der Waals surface area contributed by atoms with Crippen LogP contribution in [0.4, 0.5) is 0 Å². The molecule has 0 unspecified atom stereocenters. The van der Waals surface area contributed by atoms with Crippen molar-refractivity contribution in [3.8, 4) is 11.3 Å². The SMILES string of the molecule is Cc1csc([C@@H](C)N(C)C(=O)c2cc(-c3cncnc3)nc3c(C)cccc23)n1. The van der Waals surface area contributed by atoms with Crippen LogP contribution < -0.4 is 0 Å². The first-order valence-electron chi connectivity index (χ1n) is 9.30. The van der Waals surface area contributed by atoms with Gasteiger partial charge in [0.05, 0.1) is 22.8 Å². The largest absolute Gasteiger partial charge is 0.332 e. The van der Waals surface area contributed by atoms with E-state index in [0.29, 0.717) is 11.3 Å². The van der Waals surface area contributed by atoms with Crippen LogP contribution in [-0.2, 0) is 0 Å². The monoisotopic (exact) mass is 403 g/mol. The van der Waals surface area contributed by atoms with E-state index in [1.807, 2.05) is 57.5 Å². The Kier molecular flexibility index (Phi) is 5.07. The lowest BCUT2D eigenvalue weighted by Crippen LogP contribution is -2.30. The average Bonchev–Trinajstić information content (AvgIpc) is 3.19. The number of thiazole rings is 1. The quantitative estimate of drug-likeness (QED) is 0.498. The van der Waals surface area contributed by atoms with Crippen molar-refractivity contribution in [3.05, 3.63) is 70.2 Å². The Balaban J connectivity index is 1.83. The highest BCUT2D eigenvalue weighted by Crippen LogP contribution is 2.29. The summed E-state index contributed by atoms with van der Waals surface area (Å²) < 4.78 is 0. The molecule has 0 aliphatic carbocycles. The Morgan fingerprint density at radius 3 is 2.59 bits per heavy atom. The molecule has 146 valence electrons. The topological polar surface area (TPSA) is 71.9 Å². The number of carbonyl (C=O) groups is 1. The number of aromatic nitrogens is 4. The number of carbonyl (C=O) groups excluding carboxylic acids is 1. The molecule has 0 saturated carbocycles. The fraction of sp³-hybridized carbons (Fsp3) is 0.227. The van der Waals surface area contributed by atoms with Gasteiger partial charge in [0.25, 0.3) is 5.91 Å². The van der Waals surface area contributed by atoms with Crippen LogP contribution in [0.15, 0.2) is 48.4 Å². The van der Waals surface area contributed by atoms with Gasteiger partial charge in [-0.15, -0.1) is 11.3 Å². The van der Waals surface area contributed by atoms with Gasteiger partial charge in [-0.3, -0.25) is 4.79 Å². The zero-order valence-corrected chi connectivity index (χ0v) is 17.6. The second-order valence-corrected chi connectivity index (χ2v) is 7.96. The summed E-state index contributed by atoms with van der Waals surface area (Å²) in [4.78, 5) is 32.8. The molecule has 0 N–H and O–H groups in total. The maximum atomic E-state index is 13.5. The molecule has 4 aromatic rings. The van der Waals surface area contributed by atoms with E-state index in [9.17, 15) is 4.79 Å². The van der Waals surface area contributed by atoms with Crippen LogP contribution in [0.3, 0.4) is 0 Å². The highest BCUT2D eigenvalue weighted by atomic mass is 32.1. The molecule has 0 fully saturated rings. The first kappa shape index (κ1) is 19.1. The van der Waals surface area contributed by atoms with Crippen LogP contribution in [0.1, 0.15) is 39.6 Å². The van der Waals surface area contributed by atoms with Gasteiger partial charge in [-0.2, -0.15) is 0 Å². The van der Waals surface area contributed by atoms with Crippen LogP contribution in [-0.4, -0.2) is 37.8 Å². The number of amides is 1. The normalized spacial score (nSPS) is 12.1. The van der Waals surface area contributed by atoms with Crippen molar-refractivity contribution < 1.29 is 4.79 Å². The number of rotatable bonds is 4. The van der Waals surface area contributed by atoms with Gasteiger partial charge in [0.15, 0.2) is 0 Å². The number of hydrogen-bond acceptors (Lipinski definition) is 6. The van der Waals surface area contributed by atoms with Crippen molar-refractivity contribution in [2.45, 2.75) is 26.8 Å². The lowest BCUT2D eigenvalue weighted by atomic mass is 10.0. The molecule has 6 nitrogen and oxygen atoms in total. The molecule has 0 aliphatic rings. The summed E-state index contributed by atoms with van der Waals surface area (Å²) in [5.74, 6) is -0.0681. The summed E-state index contributed by atoms with van der Waals surface area (Å²) in [6, 6.07) is 7.60. The van der Waals surface area contributed by atoms with Crippen LogP contribution in [0, 0.1) is 13.8 Å². The van der Waals surface area contributed by atoms with Crippen LogP contribution in [0.25, 0.3) is 22.2 Å². The molecule has 1 amide bonds. The summed E-state index contributed by atoms with van der Waals surface area (Å²) in [5, 5.41) is 3.76. The minimum Gasteiger partial charge on any atom is -0.332 e. The lowest BCUT2D eigenvalue weighted by molar-refractivity contribution is 0.0744. The standard InChI is InChI=1S/C22H21N5OS/c1-13-6-5-7-17-18(8-19(26-20(13)17)16-9-23-12-24-10-16)22(28)27(4)15(3)21-25-14(2)11-29-21/h5-12,15H,1-4H3/t15-/m1/s1. The van der Waals surface area contributed by atoms with Crippen LogP contribution in [0.5, 0.6) is 0 Å². The third-order valence-electron chi connectivity index (χ3n) is 5.02. The zero-order chi connectivity index (χ0) is 20.5. The van der Waals surface area contributed by atoms with Gasteiger partial charge in [0, 0.05) is 41.5 Å². The van der Waals surface area contributed by atoms with Crippen molar-refractivity contribution in [3.63, 3.8) is 0 Å². The molecule has 29 heavy (non-hydrogen) atoms. The second kappa shape index (κ2) is 7.67. The highest BCUT2D eigenvalue weighted by Gasteiger charge is 2.24. The molecule has 0 radical (unpaired) electrons. The van der Waals surface area contributed by atoms with Gasteiger partial charge < -0.3 is 4.90 Å². The summed E-state index contributed by atoms with van der Waals surface area (Å²) in [6.07, 6.45) is 4.89. The Labute approximate surface area is 173 Å². The third-order valence-corrected chi connectivity index (χ3v) is 6.16. The van der Waals surface area contributed by atoms with Crippen molar-refractivity contribution in [1.82, 2.24) is 24.8 Å². The second-order valence-electron chi connectivity index (χ2n) is 7.07. The number of hydrogen-bond donors (Lipinski definition) is 0. The van der Waals surface area contributed by atoms with E-state index in [0.717, 1.165) is 32.7 Å². The molecule has 0 aliphatic heterocycles. The molecule has 0 saturated heterocycles. The predicted octanol–water partition coefficient (Wildman–Crippen LogP) is 4.60. The number of fused-ring (bicyclic) bond motifs is 1. The van der Waals surface area contributed by atoms with Gasteiger partial charge in [-0.1, -0.05) is 18.2 Å². The zero-order valence-electron chi connectivity index (χ0n) is 16.7. The fourth-order valence-corrected chi connectivity index (χ4v) is 4.14. The van der Waals surface area contributed by atoms with Crippen LogP contribution in [0.2, 0.25) is 0 Å². The molecule has 1 aromatic carbocycles. The van der Waals surface area contributed by atoms with Crippen molar-refractivity contribution >= 4 is 28.1 Å². The number of pyridine rings is 1. The van der Waals surface area contributed by atoms with E-state index in [1.165, 1.54) is 6.33 Å². The smallest absolute Gasteiger partial charge is 0.254 e. The number of para-hydroxylation sites is 1. The maximum absolute atomic E-state index is 13.5. The third kappa shape index (κ3) is 3.61. The average molecular weight is 404 g/mol. The van der Waals surface area contributed by atoms with E-state index < -0.39 is 0 Å². The van der Waals surface area contributed by atoms with E-state index in [1.54, 1.807) is 28.6 Å². The van der Waals surface area contributed by atoms with Gasteiger partial charge in [0.2, 0.25) is 0 Å². The lowest BCUT2D eigenvalue weighted by Gasteiger charge is -2.24. The van der Waals surface area contributed by atoms with E-state index in [2.05, 4.69) is 15.0 Å². The summed E-state index contributed by atoms with van der Waals surface area (Å²) in [6.45, 7) is 5.96. The molecule has 0 spiro atoms. The first-order chi connectivity index (χ1) is 14.0. The summed E-state index contributed by atoms with van der Waals surface area (Å²) >= 11 is 1.57. The molecule has 4 rings (SSSR count). The minimum atomic E-state index is -0.127. The molecule has 1 atom stereocenters. The molecule has 3 heterocycles.